The summed E-state index contributed by atoms with van der Waals surface area (Å²) in [7, 11) is -3.69. The molecule has 0 amide bonds. The minimum absolute atomic E-state index is 0.0433. The Morgan fingerprint density at radius 3 is 2.70 bits per heavy atom. The molecular weight excluding hydrogens is 341 g/mol. The largest absolute Gasteiger partial charge is 0.392 e. The van der Waals surface area contributed by atoms with Gasteiger partial charge in [0.1, 0.15) is 4.90 Å². The third-order valence-electron chi connectivity index (χ3n) is 3.15. The van der Waals surface area contributed by atoms with Gasteiger partial charge in [0.05, 0.1) is 11.6 Å². The zero-order chi connectivity index (χ0) is 14.8. The number of sulfonamides is 1. The quantitative estimate of drug-likeness (QED) is 0.851. The molecule has 0 aromatic heterocycles. The van der Waals surface area contributed by atoms with Gasteiger partial charge < -0.3 is 5.11 Å². The second kappa shape index (κ2) is 6.85. The smallest absolute Gasteiger partial charge is 0.242 e. The monoisotopic (exact) mass is 355 g/mol. The van der Waals surface area contributed by atoms with Crippen LogP contribution in [0.5, 0.6) is 0 Å². The second-order valence-corrected chi connectivity index (χ2v) is 8.31. The molecule has 1 saturated heterocycles. The summed E-state index contributed by atoms with van der Waals surface area (Å²) in [5.74, 6) is 2.40. The summed E-state index contributed by atoms with van der Waals surface area (Å²) >= 11 is 13.6. The highest BCUT2D eigenvalue weighted by Crippen LogP contribution is 2.29. The van der Waals surface area contributed by atoms with Crippen molar-refractivity contribution in [3.05, 3.63) is 27.7 Å². The summed E-state index contributed by atoms with van der Waals surface area (Å²) in [6.07, 6.45) is 1.02. The molecule has 1 aliphatic heterocycles. The molecule has 4 nitrogen and oxygen atoms in total. The fraction of sp³-hybridized carbons (Fsp3) is 0.500. The van der Waals surface area contributed by atoms with Crippen LogP contribution in [0.1, 0.15) is 12.0 Å². The van der Waals surface area contributed by atoms with Crippen molar-refractivity contribution < 1.29 is 13.5 Å². The molecule has 1 aromatic rings. The van der Waals surface area contributed by atoms with Crippen molar-refractivity contribution in [3.63, 3.8) is 0 Å². The summed E-state index contributed by atoms with van der Waals surface area (Å²) in [5, 5.41) is 9.47. The van der Waals surface area contributed by atoms with E-state index in [1.54, 1.807) is 0 Å². The number of aliphatic hydroxyl groups is 1. The van der Waals surface area contributed by atoms with Crippen molar-refractivity contribution in [2.45, 2.75) is 17.9 Å². The standard InChI is InChI=1S/C12H15Cl2NO3S2/c13-10-4-11(14)12(3-9(10)6-16)20(17,18)15-5-8-1-2-19-7-8/h3-4,8,15-16H,1-2,5-7H2. The van der Waals surface area contributed by atoms with Gasteiger partial charge >= 0.3 is 0 Å². The molecule has 1 fully saturated rings. The Kier molecular flexibility index (Phi) is 5.62. The van der Waals surface area contributed by atoms with Gasteiger partial charge in [-0.25, -0.2) is 13.1 Å². The molecule has 112 valence electrons. The molecule has 0 radical (unpaired) electrons. The molecule has 0 spiro atoms. The SMILES string of the molecule is O=S(=O)(NCC1CCSC1)c1cc(CO)c(Cl)cc1Cl. The van der Waals surface area contributed by atoms with Crippen molar-refractivity contribution in [3.8, 4) is 0 Å². The molecule has 20 heavy (non-hydrogen) atoms. The van der Waals surface area contributed by atoms with Crippen LogP contribution >= 0.6 is 35.0 Å². The highest BCUT2D eigenvalue weighted by Gasteiger charge is 2.23. The van der Waals surface area contributed by atoms with Gasteiger partial charge in [0, 0.05) is 11.6 Å². The van der Waals surface area contributed by atoms with Crippen LogP contribution < -0.4 is 4.72 Å². The molecule has 2 rings (SSSR count). The maximum atomic E-state index is 12.3. The summed E-state index contributed by atoms with van der Waals surface area (Å²) < 4.78 is 27.1. The van der Waals surface area contributed by atoms with Crippen molar-refractivity contribution in [2.75, 3.05) is 18.1 Å². The lowest BCUT2D eigenvalue weighted by molar-refractivity contribution is 0.281. The highest BCUT2D eigenvalue weighted by molar-refractivity contribution is 7.99. The molecular formula is C12H15Cl2NO3S2. The van der Waals surface area contributed by atoms with E-state index in [9.17, 15) is 8.42 Å². The average Bonchev–Trinajstić information content (AvgIpc) is 2.89. The van der Waals surface area contributed by atoms with Crippen LogP contribution in [-0.2, 0) is 16.6 Å². The Labute approximate surface area is 132 Å². The van der Waals surface area contributed by atoms with E-state index in [4.69, 9.17) is 28.3 Å². The first-order valence-electron chi connectivity index (χ1n) is 6.10. The molecule has 0 saturated carbocycles. The van der Waals surface area contributed by atoms with Gasteiger partial charge in [-0.2, -0.15) is 11.8 Å². The zero-order valence-corrected chi connectivity index (χ0v) is 13.7. The first kappa shape index (κ1) is 16.4. The van der Waals surface area contributed by atoms with Crippen LogP contribution in [-0.4, -0.2) is 31.6 Å². The van der Waals surface area contributed by atoms with Gasteiger partial charge in [0.25, 0.3) is 0 Å². The van der Waals surface area contributed by atoms with Crippen LogP contribution in [0.15, 0.2) is 17.0 Å². The van der Waals surface area contributed by atoms with Crippen molar-refractivity contribution in [2.24, 2.45) is 5.92 Å². The Morgan fingerprint density at radius 1 is 1.35 bits per heavy atom. The van der Waals surface area contributed by atoms with Crippen molar-refractivity contribution in [1.82, 2.24) is 4.72 Å². The summed E-state index contributed by atoms with van der Waals surface area (Å²) in [5.41, 5.74) is 0.341. The Hall–Kier alpha value is 0.0200. The minimum atomic E-state index is -3.69. The third kappa shape index (κ3) is 3.81. The number of benzene rings is 1. The van der Waals surface area contributed by atoms with Gasteiger partial charge in [0.15, 0.2) is 0 Å². The number of nitrogens with one attached hydrogen (secondary N) is 1. The van der Waals surface area contributed by atoms with Gasteiger partial charge in [-0.05, 0) is 41.5 Å². The molecule has 8 heteroatoms. The number of rotatable bonds is 5. The summed E-state index contributed by atoms with van der Waals surface area (Å²) in [6, 6.07) is 2.66. The average molecular weight is 356 g/mol. The van der Waals surface area contributed by atoms with Crippen LogP contribution in [0, 0.1) is 5.92 Å². The third-order valence-corrected chi connectivity index (χ3v) is 6.62. The Morgan fingerprint density at radius 2 is 2.10 bits per heavy atom. The lowest BCUT2D eigenvalue weighted by Crippen LogP contribution is -2.29. The Balaban J connectivity index is 2.19. The molecule has 1 unspecified atom stereocenters. The first-order chi connectivity index (χ1) is 9.44. The minimum Gasteiger partial charge on any atom is -0.392 e. The second-order valence-electron chi connectivity index (χ2n) is 4.61. The van der Waals surface area contributed by atoms with Crippen LogP contribution in [0.3, 0.4) is 0 Å². The van der Waals surface area contributed by atoms with E-state index in [2.05, 4.69) is 4.72 Å². The molecule has 1 aromatic carbocycles. The molecule has 0 bridgehead atoms. The number of aliphatic hydroxyl groups excluding tert-OH is 1. The van der Waals surface area contributed by atoms with E-state index >= 15 is 0 Å². The fourth-order valence-electron chi connectivity index (χ4n) is 1.95. The van der Waals surface area contributed by atoms with Crippen molar-refractivity contribution >= 4 is 45.0 Å². The molecule has 1 atom stereocenters. The van der Waals surface area contributed by atoms with Gasteiger partial charge in [-0.15, -0.1) is 0 Å². The highest BCUT2D eigenvalue weighted by atomic mass is 35.5. The summed E-state index contributed by atoms with van der Waals surface area (Å²) in [4.78, 5) is -0.0433. The van der Waals surface area contributed by atoms with Gasteiger partial charge in [0.2, 0.25) is 10.0 Å². The topological polar surface area (TPSA) is 66.4 Å². The molecule has 2 N–H and O–H groups in total. The molecule has 1 aliphatic rings. The molecule has 0 aliphatic carbocycles. The number of hydrogen-bond donors (Lipinski definition) is 2. The maximum absolute atomic E-state index is 12.3. The predicted molar refractivity (Wildman–Crippen MR) is 83.0 cm³/mol. The molecule has 1 heterocycles. The summed E-state index contributed by atoms with van der Waals surface area (Å²) in [6.45, 7) is 0.0700. The lowest BCUT2D eigenvalue weighted by Gasteiger charge is -2.13. The predicted octanol–water partition coefficient (Wildman–Crippen LogP) is 2.52. The Bertz CT molecular complexity index is 587. The van der Waals surface area contributed by atoms with E-state index in [0.29, 0.717) is 18.0 Å². The van der Waals surface area contributed by atoms with E-state index in [0.717, 1.165) is 17.9 Å². The van der Waals surface area contributed by atoms with Gasteiger partial charge in [-0.3, -0.25) is 0 Å². The van der Waals surface area contributed by atoms with Gasteiger partial charge in [-0.1, -0.05) is 23.2 Å². The lowest BCUT2D eigenvalue weighted by atomic mass is 10.1. The number of thioether (sulfide) groups is 1. The van der Waals surface area contributed by atoms with Crippen molar-refractivity contribution in [1.29, 1.82) is 0 Å². The van der Waals surface area contributed by atoms with E-state index in [-0.39, 0.29) is 21.5 Å². The van der Waals surface area contributed by atoms with E-state index < -0.39 is 10.0 Å². The number of halogens is 2. The van der Waals surface area contributed by atoms with E-state index in [1.807, 2.05) is 11.8 Å². The van der Waals surface area contributed by atoms with Crippen LogP contribution in [0.25, 0.3) is 0 Å². The maximum Gasteiger partial charge on any atom is 0.242 e. The van der Waals surface area contributed by atoms with E-state index in [1.165, 1.54) is 12.1 Å². The first-order valence-corrected chi connectivity index (χ1v) is 9.49. The fourth-order valence-corrected chi connectivity index (χ4v) is 5.20. The van der Waals surface area contributed by atoms with Crippen LogP contribution in [0.2, 0.25) is 10.0 Å². The normalized spacial score (nSPS) is 19.4. The van der Waals surface area contributed by atoms with Crippen LogP contribution in [0.4, 0.5) is 0 Å². The number of hydrogen-bond acceptors (Lipinski definition) is 4. The zero-order valence-electron chi connectivity index (χ0n) is 10.6.